The Hall–Kier alpha value is -14.2. The standard InChI is InChI=1S/C110H106N2O12/c1-111(2,69-93-49-99(121-79-95-53-103(113-71-83-30-13-5-14-31-83)63-104(54-95)114-72-84-32-15-6-16-33-84)61-100(50-93)122-80-96-55-105(115-73-85-34-17-7-18-35-85)64-106(56-96)116-74-86-36-19-8-20-37-86)67-91-46-29-47-92(48-91)68-112(3,4)70-94-51-101(123-81-97-57-107(117-75-87-38-21-9-22-39-87)65-108(58-97)118-76-88-40-23-10-24-41-88)62-102(52-94)124-82-98-59-109(119-77-89-42-25-11-26-43-89)66-110(60-98)120-78-90-44-27-12-28-45-90/h5-66H,67-82H2,1-4H3/q+2. The highest BCUT2D eigenvalue weighted by atomic mass is 16.5. The number of hydrogen-bond donors (Lipinski definition) is 0. The molecule has 0 fully saturated rings. The Morgan fingerprint density at radius 2 is 0.258 bits per heavy atom. The molecule has 14 nitrogen and oxygen atoms in total. The van der Waals surface area contributed by atoms with E-state index in [-0.39, 0.29) is 26.4 Å². The van der Waals surface area contributed by atoms with Gasteiger partial charge in [0.05, 0.1) is 28.2 Å². The summed E-state index contributed by atoms with van der Waals surface area (Å²) in [6.07, 6.45) is 0. The summed E-state index contributed by atoms with van der Waals surface area (Å²) >= 11 is 0. The molecule has 0 unspecified atom stereocenters. The minimum Gasteiger partial charge on any atom is -0.489 e. The molecule has 0 bridgehead atoms. The van der Waals surface area contributed by atoms with Crippen LogP contribution in [0.2, 0.25) is 0 Å². The topological polar surface area (TPSA) is 111 Å². The first-order chi connectivity index (χ1) is 60.7. The zero-order valence-electron chi connectivity index (χ0n) is 70.9. The van der Waals surface area contributed by atoms with Crippen LogP contribution in [0.3, 0.4) is 0 Å². The Labute approximate surface area is 729 Å². The van der Waals surface area contributed by atoms with E-state index in [0.29, 0.717) is 144 Å². The average Bonchev–Trinajstić information content (AvgIpc) is 0.816. The quantitative estimate of drug-likeness (QED) is 0.0339. The second kappa shape index (κ2) is 42.9. The molecule has 0 N–H and O–H groups in total. The molecule has 0 aliphatic heterocycles. The summed E-state index contributed by atoms with van der Waals surface area (Å²) in [5, 5.41) is 0. The molecule has 0 radical (unpaired) electrons. The van der Waals surface area contributed by atoms with Crippen molar-refractivity contribution in [2.24, 2.45) is 0 Å². The molecule has 0 aliphatic carbocycles. The minimum atomic E-state index is 0.229. The summed E-state index contributed by atoms with van der Waals surface area (Å²) in [6, 6.07) is 127. The van der Waals surface area contributed by atoms with Gasteiger partial charge >= 0.3 is 0 Å². The number of quaternary nitrogens is 2. The van der Waals surface area contributed by atoms with Crippen molar-refractivity contribution < 1.29 is 65.8 Å². The van der Waals surface area contributed by atoms with Crippen LogP contribution in [0.25, 0.3) is 0 Å². The summed E-state index contributed by atoms with van der Waals surface area (Å²) in [6.45, 7) is 6.85. The van der Waals surface area contributed by atoms with E-state index in [0.717, 1.165) is 91.0 Å². The van der Waals surface area contributed by atoms with Crippen LogP contribution in [0.5, 0.6) is 69.0 Å². The van der Waals surface area contributed by atoms with Crippen LogP contribution < -0.4 is 56.8 Å². The van der Waals surface area contributed by atoms with Gasteiger partial charge < -0.3 is 65.8 Å². The van der Waals surface area contributed by atoms with Crippen molar-refractivity contribution in [3.8, 4) is 69.0 Å². The van der Waals surface area contributed by atoms with E-state index in [1.54, 1.807) is 0 Å². The first-order valence-electron chi connectivity index (χ1n) is 42.1. The summed E-state index contributed by atoms with van der Waals surface area (Å²) in [5.41, 5.74) is 16.5. The SMILES string of the molecule is C[N+](C)(Cc1cccc(C[N+](C)(C)Cc2cc(OCc3cc(OCc4ccccc4)cc(OCc4ccccc4)c3)cc(OCc3cc(OCc4ccccc4)cc(OCc4ccccc4)c3)c2)c1)Cc1cc(OCc2cc(OCc3ccccc3)cc(OCc3ccccc3)c2)cc(OCc2cc(OCc3ccccc3)cc(OCc3ccccc3)c2)c1. The lowest BCUT2D eigenvalue weighted by Crippen LogP contribution is -2.38. The first-order valence-corrected chi connectivity index (χ1v) is 42.1. The molecule has 0 heterocycles. The zero-order chi connectivity index (χ0) is 84.8. The van der Waals surface area contributed by atoms with Gasteiger partial charge in [-0.25, -0.2) is 0 Å². The maximum Gasteiger partial charge on any atom is 0.124 e. The lowest BCUT2D eigenvalue weighted by atomic mass is 10.1. The maximum atomic E-state index is 6.88. The fraction of sp³-hybridized carbons (Fsp3) is 0.182. The molecule has 0 spiro atoms. The summed E-state index contributed by atoms with van der Waals surface area (Å²) in [4.78, 5) is 0. The third kappa shape index (κ3) is 27.4. The molecule has 0 saturated heterocycles. The molecule has 15 rings (SSSR count). The van der Waals surface area contributed by atoms with E-state index < -0.39 is 0 Å². The van der Waals surface area contributed by atoms with E-state index in [2.05, 4.69) is 174 Å². The third-order valence-electron chi connectivity index (χ3n) is 20.7. The maximum absolute atomic E-state index is 6.88. The molecule has 0 aliphatic rings. The van der Waals surface area contributed by atoms with Gasteiger partial charge in [0, 0.05) is 58.7 Å². The molecular formula is C110H106N2O12+2. The van der Waals surface area contributed by atoms with E-state index >= 15 is 0 Å². The lowest BCUT2D eigenvalue weighted by Gasteiger charge is -2.32. The molecule has 0 aromatic heterocycles. The molecule has 15 aromatic carbocycles. The van der Waals surface area contributed by atoms with E-state index in [1.807, 2.05) is 231 Å². The van der Waals surface area contributed by atoms with Crippen molar-refractivity contribution in [3.05, 3.63) is 465 Å². The minimum absolute atomic E-state index is 0.229. The van der Waals surface area contributed by atoms with Gasteiger partial charge in [-0.3, -0.25) is 0 Å². The summed E-state index contributed by atoms with van der Waals surface area (Å²) in [5.74, 6) is 8.03. The van der Waals surface area contributed by atoms with Gasteiger partial charge in [-0.15, -0.1) is 0 Å². The Kier molecular flexibility index (Phi) is 29.3. The highest BCUT2D eigenvalue weighted by Gasteiger charge is 2.24. The molecule has 626 valence electrons. The van der Waals surface area contributed by atoms with Crippen molar-refractivity contribution in [1.29, 1.82) is 0 Å². The molecular weight excluding hydrogens is 1540 g/mol. The van der Waals surface area contributed by atoms with Crippen molar-refractivity contribution in [2.45, 2.75) is 105 Å². The second-order valence-corrected chi connectivity index (χ2v) is 32.5. The first kappa shape index (κ1) is 84.8. The summed E-state index contributed by atoms with van der Waals surface area (Å²) < 4.78 is 80.4. The number of rotatable bonds is 44. The molecule has 0 amide bonds. The van der Waals surface area contributed by atoms with Gasteiger partial charge in [0.1, 0.15) is 174 Å². The smallest absolute Gasteiger partial charge is 0.124 e. The van der Waals surface area contributed by atoms with Crippen LogP contribution in [0.4, 0.5) is 0 Å². The van der Waals surface area contributed by atoms with Gasteiger partial charge in [-0.1, -0.05) is 261 Å². The van der Waals surface area contributed by atoms with Crippen molar-refractivity contribution in [1.82, 2.24) is 0 Å². The van der Waals surface area contributed by atoms with Crippen LogP contribution in [0.15, 0.2) is 376 Å². The van der Waals surface area contributed by atoms with E-state index in [9.17, 15) is 0 Å². The normalized spacial score (nSPS) is 11.3. The van der Waals surface area contributed by atoms with Crippen LogP contribution in [0.1, 0.15) is 89.0 Å². The fourth-order valence-electron chi connectivity index (χ4n) is 14.8. The highest BCUT2D eigenvalue weighted by molar-refractivity contribution is 5.46. The van der Waals surface area contributed by atoms with Gasteiger partial charge in [0.15, 0.2) is 0 Å². The van der Waals surface area contributed by atoms with Crippen molar-refractivity contribution in [3.63, 3.8) is 0 Å². The largest absolute Gasteiger partial charge is 0.489 e. The molecule has 15 aromatic rings. The Morgan fingerprint density at radius 3 is 0.419 bits per heavy atom. The molecule has 0 atom stereocenters. The molecule has 124 heavy (non-hydrogen) atoms. The van der Waals surface area contributed by atoms with Crippen molar-refractivity contribution >= 4 is 0 Å². The van der Waals surface area contributed by atoms with Crippen LogP contribution >= 0.6 is 0 Å². The Bertz CT molecular complexity index is 4910. The molecule has 14 heteroatoms. The predicted molar refractivity (Wildman–Crippen MR) is 488 cm³/mol. The highest BCUT2D eigenvalue weighted by Crippen LogP contribution is 2.36. The van der Waals surface area contributed by atoms with Gasteiger partial charge in [-0.2, -0.15) is 0 Å². The van der Waals surface area contributed by atoms with Crippen LogP contribution in [0, 0.1) is 0 Å². The fourth-order valence-corrected chi connectivity index (χ4v) is 14.8. The van der Waals surface area contributed by atoms with Crippen molar-refractivity contribution in [2.75, 3.05) is 28.2 Å². The third-order valence-corrected chi connectivity index (χ3v) is 20.7. The van der Waals surface area contributed by atoms with E-state index in [4.69, 9.17) is 56.8 Å². The predicted octanol–water partition coefficient (Wildman–Crippen LogP) is 24.2. The lowest BCUT2D eigenvalue weighted by molar-refractivity contribution is -0.917. The van der Waals surface area contributed by atoms with Gasteiger partial charge in [0.2, 0.25) is 0 Å². The monoisotopic (exact) mass is 1650 g/mol. The number of ether oxygens (including phenoxy) is 12. The Balaban J connectivity index is 0.680. The second-order valence-electron chi connectivity index (χ2n) is 32.5. The zero-order valence-corrected chi connectivity index (χ0v) is 70.9. The van der Waals surface area contributed by atoms with Gasteiger partial charge in [0.25, 0.3) is 0 Å². The number of hydrogen-bond acceptors (Lipinski definition) is 12. The number of benzene rings is 15. The average molecular weight is 1650 g/mol. The molecule has 0 saturated carbocycles. The summed E-state index contributed by atoms with van der Waals surface area (Å²) in [7, 11) is 9.09. The van der Waals surface area contributed by atoms with Crippen LogP contribution in [-0.2, 0) is 105 Å². The van der Waals surface area contributed by atoms with E-state index in [1.165, 1.54) is 11.1 Å². The van der Waals surface area contributed by atoms with Crippen LogP contribution in [-0.4, -0.2) is 37.2 Å². The van der Waals surface area contributed by atoms with Gasteiger partial charge in [-0.05, 0) is 146 Å². The Morgan fingerprint density at radius 1 is 0.129 bits per heavy atom. The number of nitrogens with zero attached hydrogens (tertiary/aromatic N) is 2.